The molecule has 1 N–H and O–H groups in total. The highest BCUT2D eigenvalue weighted by molar-refractivity contribution is 7.97. The Labute approximate surface area is 220 Å². The number of carbonyl (C=O) groups is 1. The van der Waals surface area contributed by atoms with Crippen LogP contribution in [0.4, 0.5) is 22.0 Å². The van der Waals surface area contributed by atoms with Gasteiger partial charge in [-0.15, -0.1) is 0 Å². The van der Waals surface area contributed by atoms with E-state index in [0.717, 1.165) is 0 Å². The van der Waals surface area contributed by atoms with Gasteiger partial charge in [-0.2, -0.15) is 22.0 Å². The maximum atomic E-state index is 13.5. The molecule has 0 spiro atoms. The average molecular weight is 577 g/mol. The highest BCUT2D eigenvalue weighted by Gasteiger charge is 2.81. The number of rotatable bonds is 6. The average Bonchev–Trinajstić information content (AvgIpc) is 2.79. The summed E-state index contributed by atoms with van der Waals surface area (Å²) in [5.74, 6) is -3.14. The number of benzene rings is 3. The highest BCUT2D eigenvalue weighted by atomic mass is 32.2. The first-order valence-electron chi connectivity index (χ1n) is 10.9. The molecule has 38 heavy (non-hydrogen) atoms. The molecular formula is C26H25F5O5S2. The molecule has 0 aliphatic heterocycles. The summed E-state index contributed by atoms with van der Waals surface area (Å²) in [6.07, 6.45) is -6.17. The van der Waals surface area contributed by atoms with Crippen molar-refractivity contribution in [2.45, 2.75) is 46.9 Å². The predicted molar refractivity (Wildman–Crippen MR) is 132 cm³/mol. The fourth-order valence-corrected chi connectivity index (χ4v) is 6.85. The lowest BCUT2D eigenvalue weighted by Gasteiger charge is -2.46. The van der Waals surface area contributed by atoms with E-state index in [1.54, 1.807) is 0 Å². The standard InChI is InChI=1S/C18H15S.C8H11F5O5S/c1-4-10-16(11-5-1)19(17-12-6-2-7-13-17)18-14-8-3-9-15-18;1-5(2,3)6(4(14)15,7(9,10)11)8(12,13)19(16,17)18/h1-15H;1-3H3,(H,14,15)(H,16,17,18)/q+1;/p-1. The Morgan fingerprint density at radius 3 is 1.16 bits per heavy atom. The van der Waals surface area contributed by atoms with E-state index in [2.05, 4.69) is 91.0 Å². The van der Waals surface area contributed by atoms with Crippen molar-refractivity contribution in [3.05, 3.63) is 91.0 Å². The molecule has 3 aromatic rings. The molecular weight excluding hydrogens is 551 g/mol. The lowest BCUT2D eigenvalue weighted by atomic mass is 9.65. The summed E-state index contributed by atoms with van der Waals surface area (Å²) in [5, 5.41) is 2.52. The Kier molecular flexibility index (Phi) is 9.40. The number of hydrogen-bond donors (Lipinski definition) is 1. The second kappa shape index (κ2) is 11.4. The predicted octanol–water partition coefficient (Wildman–Crippen LogP) is 6.59. The van der Waals surface area contributed by atoms with Crippen LogP contribution in [0.3, 0.4) is 0 Å². The Bertz CT molecular complexity index is 1200. The van der Waals surface area contributed by atoms with Crippen LogP contribution in [-0.2, 0) is 25.8 Å². The number of hydrogen-bond acceptors (Lipinski definition) is 4. The van der Waals surface area contributed by atoms with Gasteiger partial charge in [-0.25, -0.2) is 8.42 Å². The molecule has 0 heterocycles. The topological polar surface area (TPSA) is 94.5 Å². The quantitative estimate of drug-likeness (QED) is 0.203. The molecule has 0 fully saturated rings. The minimum Gasteiger partial charge on any atom is -0.743 e. The number of carboxylic acid groups (broad SMARTS) is 1. The zero-order valence-electron chi connectivity index (χ0n) is 20.4. The van der Waals surface area contributed by atoms with Crippen molar-refractivity contribution in [3.63, 3.8) is 0 Å². The zero-order valence-corrected chi connectivity index (χ0v) is 22.1. The van der Waals surface area contributed by atoms with E-state index in [-0.39, 0.29) is 10.9 Å². The van der Waals surface area contributed by atoms with Gasteiger partial charge >= 0.3 is 17.4 Å². The molecule has 0 aliphatic carbocycles. The van der Waals surface area contributed by atoms with E-state index >= 15 is 0 Å². The van der Waals surface area contributed by atoms with E-state index in [4.69, 9.17) is 5.11 Å². The van der Waals surface area contributed by atoms with Crippen molar-refractivity contribution >= 4 is 27.0 Å². The third-order valence-electron chi connectivity index (χ3n) is 5.56. The molecule has 3 aromatic carbocycles. The lowest BCUT2D eigenvalue weighted by molar-refractivity contribution is -0.303. The molecule has 5 nitrogen and oxygen atoms in total. The Hall–Kier alpha value is -2.96. The molecule has 0 amide bonds. The van der Waals surface area contributed by atoms with E-state index in [0.29, 0.717) is 20.8 Å². The Morgan fingerprint density at radius 1 is 0.711 bits per heavy atom. The summed E-state index contributed by atoms with van der Waals surface area (Å²) in [5.41, 5.74) is -7.86. The van der Waals surface area contributed by atoms with E-state index in [9.17, 15) is 39.7 Å². The van der Waals surface area contributed by atoms with Gasteiger partial charge in [0.25, 0.3) is 0 Å². The SMILES string of the molecule is CC(C)(C)C(C(=O)O)(C(F)(F)F)C(F)(F)S(=O)(=O)[O-].c1ccc([S+](c2ccccc2)c2ccccc2)cc1. The molecule has 0 radical (unpaired) electrons. The van der Waals surface area contributed by atoms with Gasteiger partial charge in [0.2, 0.25) is 5.41 Å². The van der Waals surface area contributed by atoms with Gasteiger partial charge in [-0.3, -0.25) is 4.79 Å². The maximum Gasteiger partial charge on any atom is 0.412 e. The van der Waals surface area contributed by atoms with Gasteiger partial charge in [0.05, 0.1) is 10.9 Å². The monoisotopic (exact) mass is 576 g/mol. The first kappa shape index (κ1) is 31.3. The third-order valence-corrected chi connectivity index (χ3v) is 8.72. The highest BCUT2D eigenvalue weighted by Crippen LogP contribution is 2.61. The van der Waals surface area contributed by atoms with Crippen LogP contribution in [0.25, 0.3) is 0 Å². The molecule has 0 bridgehead atoms. The van der Waals surface area contributed by atoms with Crippen LogP contribution in [0.5, 0.6) is 0 Å². The van der Waals surface area contributed by atoms with Crippen molar-refractivity contribution in [1.82, 2.24) is 0 Å². The van der Waals surface area contributed by atoms with Crippen LogP contribution >= 0.6 is 0 Å². The number of alkyl halides is 5. The normalized spacial score (nSPS) is 14.3. The van der Waals surface area contributed by atoms with Crippen LogP contribution in [-0.4, -0.2) is 35.5 Å². The van der Waals surface area contributed by atoms with Crippen molar-refractivity contribution in [2.75, 3.05) is 0 Å². The van der Waals surface area contributed by atoms with Crippen molar-refractivity contribution in [3.8, 4) is 0 Å². The smallest absolute Gasteiger partial charge is 0.412 e. The summed E-state index contributed by atoms with van der Waals surface area (Å²) in [6.45, 7) is 1.36. The first-order chi connectivity index (χ1) is 17.4. The largest absolute Gasteiger partial charge is 0.743 e. The molecule has 1 atom stereocenters. The van der Waals surface area contributed by atoms with Crippen LogP contribution < -0.4 is 0 Å². The van der Waals surface area contributed by atoms with E-state index in [1.807, 2.05) is 0 Å². The summed E-state index contributed by atoms with van der Waals surface area (Å²) < 4.78 is 96.9. The fourth-order valence-electron chi connectivity index (χ4n) is 3.86. The van der Waals surface area contributed by atoms with Gasteiger partial charge < -0.3 is 9.66 Å². The fraction of sp³-hybridized carbons (Fsp3) is 0.269. The van der Waals surface area contributed by atoms with Crippen LogP contribution in [0.2, 0.25) is 0 Å². The van der Waals surface area contributed by atoms with Crippen molar-refractivity contribution < 1.29 is 44.8 Å². The minimum absolute atomic E-state index is 0.0146. The van der Waals surface area contributed by atoms with Gasteiger partial charge in [0, 0.05) is 0 Å². The van der Waals surface area contributed by atoms with Crippen LogP contribution in [0.15, 0.2) is 106 Å². The van der Waals surface area contributed by atoms with Gasteiger partial charge in [-0.1, -0.05) is 75.4 Å². The molecule has 3 rings (SSSR count). The molecule has 0 aromatic heterocycles. The number of carboxylic acids is 1. The molecule has 1 unspecified atom stereocenters. The summed E-state index contributed by atoms with van der Waals surface area (Å²) in [6, 6.07) is 32.2. The van der Waals surface area contributed by atoms with Crippen molar-refractivity contribution in [2.24, 2.45) is 10.8 Å². The summed E-state index contributed by atoms with van der Waals surface area (Å²) >= 11 is 0. The molecule has 12 heteroatoms. The van der Waals surface area contributed by atoms with E-state index < -0.39 is 38.3 Å². The molecule has 0 saturated carbocycles. The summed E-state index contributed by atoms with van der Waals surface area (Å²) in [7, 11) is -6.87. The third kappa shape index (κ3) is 6.02. The second-order valence-corrected chi connectivity index (χ2v) is 12.5. The van der Waals surface area contributed by atoms with Crippen molar-refractivity contribution in [1.29, 1.82) is 0 Å². The number of aliphatic carboxylic acids is 1. The Balaban J connectivity index is 0.000000267. The molecule has 206 valence electrons. The maximum absolute atomic E-state index is 13.5. The van der Waals surface area contributed by atoms with Gasteiger partial charge in [-0.05, 0) is 41.8 Å². The first-order valence-corrected chi connectivity index (χ1v) is 13.6. The van der Waals surface area contributed by atoms with Crippen LogP contribution in [0.1, 0.15) is 20.8 Å². The molecule has 0 saturated heterocycles. The lowest BCUT2D eigenvalue weighted by Crippen LogP contribution is -2.66. The van der Waals surface area contributed by atoms with Gasteiger partial charge in [0.1, 0.15) is 0 Å². The number of halogens is 5. The Morgan fingerprint density at radius 2 is 1.00 bits per heavy atom. The van der Waals surface area contributed by atoms with Gasteiger partial charge in [0.15, 0.2) is 24.8 Å². The summed E-state index contributed by atoms with van der Waals surface area (Å²) in [4.78, 5) is 14.9. The van der Waals surface area contributed by atoms with Crippen LogP contribution in [0, 0.1) is 10.8 Å². The minimum atomic E-state index is -6.86. The molecule has 0 aliphatic rings. The zero-order chi connectivity index (χ0) is 29.0. The van der Waals surface area contributed by atoms with E-state index in [1.165, 1.54) is 14.7 Å². The second-order valence-electron chi connectivity index (χ2n) is 9.02.